The van der Waals surface area contributed by atoms with Crippen molar-refractivity contribution in [1.82, 2.24) is 10.9 Å². The van der Waals surface area contributed by atoms with E-state index in [0.717, 1.165) is 10.8 Å². The molecule has 26 heavy (non-hydrogen) atoms. The molecule has 0 aliphatic rings. The van der Waals surface area contributed by atoms with E-state index in [1.54, 1.807) is 31.2 Å². The molecule has 132 valence electrons. The predicted octanol–water partition coefficient (Wildman–Crippen LogP) is 3.83. The first-order valence-electron chi connectivity index (χ1n) is 8.05. The number of amides is 2. The van der Waals surface area contributed by atoms with E-state index in [0.29, 0.717) is 15.8 Å². The van der Waals surface area contributed by atoms with E-state index in [9.17, 15) is 9.59 Å². The third kappa shape index (κ3) is 4.21. The van der Waals surface area contributed by atoms with Gasteiger partial charge in [-0.1, -0.05) is 42.5 Å². The summed E-state index contributed by atoms with van der Waals surface area (Å²) in [5.74, 6) is -0.272. The lowest BCUT2D eigenvalue weighted by Gasteiger charge is -2.15. The number of halogens is 1. The Balaban J connectivity index is 1.59. The van der Waals surface area contributed by atoms with E-state index in [-0.39, 0.29) is 0 Å². The smallest absolute Gasteiger partial charge is 0.279 e. The topological polar surface area (TPSA) is 67.4 Å². The Kier molecular flexibility index (Phi) is 5.53. The van der Waals surface area contributed by atoms with Gasteiger partial charge in [0.05, 0.1) is 5.56 Å². The molecule has 0 bridgehead atoms. The van der Waals surface area contributed by atoms with Gasteiger partial charge in [0.1, 0.15) is 5.75 Å². The standard InChI is InChI=1S/C20H17BrN2O3/c1-13(26-16-11-10-14-6-2-3-7-15(14)12-16)19(24)22-23-20(25)17-8-4-5-9-18(17)21/h2-13H,1H3,(H,22,24)(H,23,25). The van der Waals surface area contributed by atoms with Crippen molar-refractivity contribution in [2.45, 2.75) is 13.0 Å². The highest BCUT2D eigenvalue weighted by molar-refractivity contribution is 9.10. The van der Waals surface area contributed by atoms with E-state index in [1.165, 1.54) is 0 Å². The van der Waals surface area contributed by atoms with Gasteiger partial charge >= 0.3 is 0 Å². The Morgan fingerprint density at radius 2 is 1.62 bits per heavy atom. The summed E-state index contributed by atoms with van der Waals surface area (Å²) in [5, 5.41) is 2.12. The number of hydrazine groups is 1. The number of hydrogen-bond donors (Lipinski definition) is 2. The second kappa shape index (κ2) is 8.01. The van der Waals surface area contributed by atoms with Crippen LogP contribution in [0.1, 0.15) is 17.3 Å². The average Bonchev–Trinajstić information content (AvgIpc) is 2.66. The van der Waals surface area contributed by atoms with Gasteiger partial charge in [-0.15, -0.1) is 0 Å². The molecule has 0 radical (unpaired) electrons. The molecule has 0 aliphatic heterocycles. The quantitative estimate of drug-likeness (QED) is 0.639. The number of ether oxygens (including phenoxy) is 1. The van der Waals surface area contributed by atoms with Gasteiger partial charge < -0.3 is 4.74 Å². The first kappa shape index (κ1) is 17.9. The number of carbonyl (C=O) groups excluding carboxylic acids is 2. The Bertz CT molecular complexity index is 958. The normalized spacial score (nSPS) is 11.6. The molecule has 3 aromatic rings. The fraction of sp³-hybridized carbons (Fsp3) is 0.100. The molecular weight excluding hydrogens is 396 g/mol. The second-order valence-corrected chi connectivity index (χ2v) is 6.55. The minimum absolute atomic E-state index is 0.413. The van der Waals surface area contributed by atoms with Crippen LogP contribution in [-0.4, -0.2) is 17.9 Å². The number of benzene rings is 3. The summed E-state index contributed by atoms with van der Waals surface area (Å²) in [5.41, 5.74) is 5.20. The molecule has 5 nitrogen and oxygen atoms in total. The highest BCUT2D eigenvalue weighted by Crippen LogP contribution is 2.21. The van der Waals surface area contributed by atoms with Crippen LogP contribution < -0.4 is 15.6 Å². The van der Waals surface area contributed by atoms with E-state index < -0.39 is 17.9 Å². The molecule has 1 unspecified atom stereocenters. The lowest BCUT2D eigenvalue weighted by Crippen LogP contribution is -2.47. The van der Waals surface area contributed by atoms with Crippen molar-refractivity contribution in [3.63, 3.8) is 0 Å². The predicted molar refractivity (Wildman–Crippen MR) is 104 cm³/mol. The van der Waals surface area contributed by atoms with Crippen LogP contribution in [0.2, 0.25) is 0 Å². The number of rotatable bonds is 4. The summed E-state index contributed by atoms with van der Waals surface area (Å²) in [4.78, 5) is 24.3. The van der Waals surface area contributed by atoms with Gasteiger partial charge in [-0.25, -0.2) is 0 Å². The maximum absolute atomic E-state index is 12.2. The van der Waals surface area contributed by atoms with Crippen molar-refractivity contribution in [1.29, 1.82) is 0 Å². The number of nitrogens with one attached hydrogen (secondary N) is 2. The SMILES string of the molecule is CC(Oc1ccc2ccccc2c1)C(=O)NNC(=O)c1ccccc1Br. The van der Waals surface area contributed by atoms with Crippen molar-refractivity contribution in [3.8, 4) is 5.75 Å². The Morgan fingerprint density at radius 3 is 2.38 bits per heavy atom. The van der Waals surface area contributed by atoms with Crippen molar-refractivity contribution in [2.75, 3.05) is 0 Å². The molecule has 3 aromatic carbocycles. The zero-order valence-electron chi connectivity index (χ0n) is 14.0. The summed E-state index contributed by atoms with van der Waals surface area (Å²) in [7, 11) is 0. The molecule has 0 saturated heterocycles. The third-order valence-corrected chi connectivity index (χ3v) is 4.51. The Hall–Kier alpha value is -2.86. The molecule has 0 aliphatic carbocycles. The molecule has 2 N–H and O–H groups in total. The molecular formula is C20H17BrN2O3. The number of fused-ring (bicyclic) bond motifs is 1. The van der Waals surface area contributed by atoms with Gasteiger partial charge in [-0.05, 0) is 57.9 Å². The first-order chi connectivity index (χ1) is 12.5. The van der Waals surface area contributed by atoms with Gasteiger partial charge in [-0.2, -0.15) is 0 Å². The van der Waals surface area contributed by atoms with E-state index in [4.69, 9.17) is 4.74 Å². The highest BCUT2D eigenvalue weighted by Gasteiger charge is 2.16. The van der Waals surface area contributed by atoms with Crippen molar-refractivity contribution >= 4 is 38.5 Å². The van der Waals surface area contributed by atoms with Crippen LogP contribution in [0.25, 0.3) is 10.8 Å². The van der Waals surface area contributed by atoms with Crippen LogP contribution in [0.15, 0.2) is 71.2 Å². The largest absolute Gasteiger partial charge is 0.481 e. The maximum Gasteiger partial charge on any atom is 0.279 e. The van der Waals surface area contributed by atoms with Crippen molar-refractivity contribution < 1.29 is 14.3 Å². The maximum atomic E-state index is 12.2. The fourth-order valence-electron chi connectivity index (χ4n) is 2.43. The van der Waals surface area contributed by atoms with Crippen LogP contribution in [0, 0.1) is 0 Å². The molecule has 1 atom stereocenters. The first-order valence-corrected chi connectivity index (χ1v) is 8.84. The molecule has 0 spiro atoms. The number of carbonyl (C=O) groups is 2. The third-order valence-electron chi connectivity index (χ3n) is 3.82. The Labute approximate surface area is 159 Å². The zero-order chi connectivity index (χ0) is 18.5. The molecule has 0 aromatic heterocycles. The summed E-state index contributed by atoms with van der Waals surface area (Å²) in [6, 6.07) is 20.5. The highest BCUT2D eigenvalue weighted by atomic mass is 79.9. The average molecular weight is 413 g/mol. The van der Waals surface area contributed by atoms with E-state index in [2.05, 4.69) is 26.8 Å². The van der Waals surface area contributed by atoms with Crippen LogP contribution in [-0.2, 0) is 4.79 Å². The van der Waals surface area contributed by atoms with Crippen LogP contribution in [0.3, 0.4) is 0 Å². The van der Waals surface area contributed by atoms with Crippen molar-refractivity contribution in [2.24, 2.45) is 0 Å². The summed E-state index contributed by atoms with van der Waals surface area (Å²) < 4.78 is 6.32. The molecule has 3 rings (SSSR count). The lowest BCUT2D eigenvalue weighted by atomic mass is 10.1. The van der Waals surface area contributed by atoms with Gasteiger partial charge in [0.15, 0.2) is 6.10 Å². The van der Waals surface area contributed by atoms with Crippen molar-refractivity contribution in [3.05, 3.63) is 76.8 Å². The van der Waals surface area contributed by atoms with Gasteiger partial charge in [0.25, 0.3) is 11.8 Å². The van der Waals surface area contributed by atoms with Gasteiger partial charge in [0.2, 0.25) is 0 Å². The molecule has 0 fully saturated rings. The summed E-state index contributed by atoms with van der Waals surface area (Å²) in [6.45, 7) is 1.62. The van der Waals surface area contributed by atoms with Crippen LogP contribution in [0.5, 0.6) is 5.75 Å². The molecule has 0 saturated carbocycles. The molecule has 2 amide bonds. The van der Waals surface area contributed by atoms with Gasteiger partial charge in [0, 0.05) is 4.47 Å². The van der Waals surface area contributed by atoms with E-state index in [1.807, 2.05) is 42.5 Å². The van der Waals surface area contributed by atoms with Crippen LogP contribution in [0.4, 0.5) is 0 Å². The monoisotopic (exact) mass is 412 g/mol. The Morgan fingerprint density at radius 1 is 0.923 bits per heavy atom. The molecule has 6 heteroatoms. The minimum atomic E-state index is -0.768. The van der Waals surface area contributed by atoms with Crippen LogP contribution >= 0.6 is 15.9 Å². The van der Waals surface area contributed by atoms with E-state index >= 15 is 0 Å². The summed E-state index contributed by atoms with van der Waals surface area (Å²) >= 11 is 3.30. The lowest BCUT2D eigenvalue weighted by molar-refractivity contribution is -0.128. The van der Waals surface area contributed by atoms with Gasteiger partial charge in [-0.3, -0.25) is 20.4 Å². The second-order valence-electron chi connectivity index (χ2n) is 5.69. The zero-order valence-corrected chi connectivity index (χ0v) is 15.6. The number of hydrogen-bond acceptors (Lipinski definition) is 3. The fourth-order valence-corrected chi connectivity index (χ4v) is 2.90. The molecule has 0 heterocycles. The summed E-state index contributed by atoms with van der Waals surface area (Å²) in [6.07, 6.45) is -0.768. The minimum Gasteiger partial charge on any atom is -0.481 e.